The van der Waals surface area contributed by atoms with E-state index in [2.05, 4.69) is 10.1 Å². The van der Waals surface area contributed by atoms with Gasteiger partial charge in [-0.25, -0.2) is 0 Å². The van der Waals surface area contributed by atoms with Gasteiger partial charge in [0.05, 0.1) is 19.2 Å². The Balaban J connectivity index is 1.74. The molecule has 0 aliphatic rings. The molecule has 0 spiro atoms. The molecular formula is C17H14Cl2N2O4. The van der Waals surface area contributed by atoms with Gasteiger partial charge in [-0.3, -0.25) is 0 Å². The van der Waals surface area contributed by atoms with Crippen LogP contribution in [0.25, 0.3) is 11.4 Å². The van der Waals surface area contributed by atoms with E-state index >= 15 is 0 Å². The zero-order chi connectivity index (χ0) is 17.8. The van der Waals surface area contributed by atoms with E-state index in [1.54, 1.807) is 44.6 Å². The van der Waals surface area contributed by atoms with Crippen molar-refractivity contribution in [2.45, 2.75) is 6.61 Å². The molecule has 0 aliphatic heterocycles. The number of hydrogen-bond donors (Lipinski definition) is 0. The Morgan fingerprint density at radius 3 is 2.44 bits per heavy atom. The summed E-state index contributed by atoms with van der Waals surface area (Å²) in [5.74, 6) is 2.42. The first-order valence-corrected chi connectivity index (χ1v) is 7.99. The first-order valence-electron chi connectivity index (χ1n) is 7.23. The first kappa shape index (κ1) is 17.4. The van der Waals surface area contributed by atoms with Crippen LogP contribution in [0.2, 0.25) is 10.0 Å². The number of halogens is 2. The quantitative estimate of drug-likeness (QED) is 0.620. The van der Waals surface area contributed by atoms with Crippen molar-refractivity contribution in [3.63, 3.8) is 0 Å². The van der Waals surface area contributed by atoms with E-state index in [0.29, 0.717) is 39.0 Å². The molecule has 1 heterocycles. The second kappa shape index (κ2) is 7.63. The SMILES string of the molecule is COc1ccc(-c2noc(COc3ccc(Cl)cc3Cl)n2)cc1OC. The molecule has 3 rings (SSSR count). The molecule has 0 fully saturated rings. The van der Waals surface area contributed by atoms with E-state index < -0.39 is 0 Å². The van der Waals surface area contributed by atoms with Crippen LogP contribution in [0.4, 0.5) is 0 Å². The van der Waals surface area contributed by atoms with Crippen LogP contribution in [-0.2, 0) is 6.61 Å². The molecule has 3 aromatic rings. The molecule has 6 nitrogen and oxygen atoms in total. The summed E-state index contributed by atoms with van der Waals surface area (Å²) in [6, 6.07) is 10.3. The van der Waals surface area contributed by atoms with Gasteiger partial charge in [0.1, 0.15) is 5.75 Å². The highest BCUT2D eigenvalue weighted by atomic mass is 35.5. The Hall–Kier alpha value is -2.44. The largest absolute Gasteiger partial charge is 0.493 e. The number of aromatic nitrogens is 2. The summed E-state index contributed by atoms with van der Waals surface area (Å²) < 4.78 is 21.3. The van der Waals surface area contributed by atoms with Crippen LogP contribution in [0.5, 0.6) is 17.2 Å². The van der Waals surface area contributed by atoms with Crippen molar-refractivity contribution in [1.82, 2.24) is 10.1 Å². The number of benzene rings is 2. The van der Waals surface area contributed by atoms with Gasteiger partial charge >= 0.3 is 0 Å². The Bertz CT molecular complexity index is 883. The molecule has 25 heavy (non-hydrogen) atoms. The highest BCUT2D eigenvalue weighted by Crippen LogP contribution is 2.31. The number of methoxy groups -OCH3 is 2. The third kappa shape index (κ3) is 3.97. The third-order valence-corrected chi connectivity index (χ3v) is 3.89. The van der Waals surface area contributed by atoms with Gasteiger partial charge < -0.3 is 18.7 Å². The minimum atomic E-state index is 0.0850. The standard InChI is InChI=1S/C17H14Cl2N2O4/c1-22-14-5-3-10(7-15(14)23-2)17-20-16(25-21-17)9-24-13-6-4-11(18)8-12(13)19/h3-8H,9H2,1-2H3. The Morgan fingerprint density at radius 2 is 1.72 bits per heavy atom. The molecule has 0 amide bonds. The zero-order valence-corrected chi connectivity index (χ0v) is 15.0. The molecule has 2 aromatic carbocycles. The number of ether oxygens (including phenoxy) is 3. The van der Waals surface area contributed by atoms with Crippen LogP contribution >= 0.6 is 23.2 Å². The van der Waals surface area contributed by atoms with Crippen molar-refractivity contribution in [1.29, 1.82) is 0 Å². The van der Waals surface area contributed by atoms with Gasteiger partial charge in [0.2, 0.25) is 5.82 Å². The summed E-state index contributed by atoms with van der Waals surface area (Å²) in [6.45, 7) is 0.0850. The lowest BCUT2D eigenvalue weighted by Crippen LogP contribution is -1.96. The smallest absolute Gasteiger partial charge is 0.264 e. The highest BCUT2D eigenvalue weighted by molar-refractivity contribution is 6.35. The van der Waals surface area contributed by atoms with E-state index in [-0.39, 0.29) is 6.61 Å². The molecular weight excluding hydrogens is 367 g/mol. The van der Waals surface area contributed by atoms with Crippen LogP contribution in [-0.4, -0.2) is 24.4 Å². The van der Waals surface area contributed by atoms with Crippen LogP contribution in [0.1, 0.15) is 5.89 Å². The summed E-state index contributed by atoms with van der Waals surface area (Å²) >= 11 is 11.9. The van der Waals surface area contributed by atoms with Crippen molar-refractivity contribution in [2.75, 3.05) is 14.2 Å². The van der Waals surface area contributed by atoms with Crippen molar-refractivity contribution in [2.24, 2.45) is 0 Å². The Morgan fingerprint density at radius 1 is 0.960 bits per heavy atom. The van der Waals surface area contributed by atoms with Gasteiger partial charge in [0, 0.05) is 10.6 Å². The second-order valence-electron chi connectivity index (χ2n) is 4.94. The molecule has 0 saturated carbocycles. The van der Waals surface area contributed by atoms with Crippen LogP contribution in [0.3, 0.4) is 0 Å². The molecule has 1 aromatic heterocycles. The molecule has 0 aliphatic carbocycles. The molecule has 0 radical (unpaired) electrons. The Labute approximate surface area is 154 Å². The lowest BCUT2D eigenvalue weighted by Gasteiger charge is -2.07. The predicted octanol–water partition coefficient (Wildman–Crippen LogP) is 4.64. The normalized spacial score (nSPS) is 10.6. The molecule has 0 atom stereocenters. The van der Waals surface area contributed by atoms with Crippen LogP contribution in [0, 0.1) is 0 Å². The van der Waals surface area contributed by atoms with E-state index in [1.165, 1.54) is 0 Å². The average molecular weight is 381 g/mol. The predicted molar refractivity (Wildman–Crippen MR) is 93.6 cm³/mol. The summed E-state index contributed by atoms with van der Waals surface area (Å²) in [5, 5.41) is 4.89. The number of nitrogens with zero attached hydrogens (tertiary/aromatic N) is 2. The molecule has 130 valence electrons. The van der Waals surface area contributed by atoms with E-state index in [1.807, 2.05) is 6.07 Å². The second-order valence-corrected chi connectivity index (χ2v) is 5.79. The summed E-state index contributed by atoms with van der Waals surface area (Å²) in [4.78, 5) is 4.31. The maximum absolute atomic E-state index is 6.06. The maximum Gasteiger partial charge on any atom is 0.264 e. The fraction of sp³-hybridized carbons (Fsp3) is 0.176. The monoisotopic (exact) mass is 380 g/mol. The molecule has 0 N–H and O–H groups in total. The minimum absolute atomic E-state index is 0.0850. The van der Waals surface area contributed by atoms with Gasteiger partial charge in [0.15, 0.2) is 18.1 Å². The van der Waals surface area contributed by atoms with Crippen LogP contribution in [0.15, 0.2) is 40.9 Å². The molecule has 0 bridgehead atoms. The van der Waals surface area contributed by atoms with Crippen LogP contribution < -0.4 is 14.2 Å². The highest BCUT2D eigenvalue weighted by Gasteiger charge is 2.13. The maximum atomic E-state index is 6.06. The summed E-state index contributed by atoms with van der Waals surface area (Å²) in [6.07, 6.45) is 0. The topological polar surface area (TPSA) is 66.6 Å². The molecule has 0 saturated heterocycles. The average Bonchev–Trinajstić information content (AvgIpc) is 3.09. The van der Waals surface area contributed by atoms with Crippen molar-refractivity contribution in [3.8, 4) is 28.6 Å². The van der Waals surface area contributed by atoms with Gasteiger partial charge in [-0.15, -0.1) is 0 Å². The molecule has 8 heteroatoms. The minimum Gasteiger partial charge on any atom is -0.493 e. The number of hydrogen-bond acceptors (Lipinski definition) is 6. The first-order chi connectivity index (χ1) is 12.1. The summed E-state index contributed by atoms with van der Waals surface area (Å²) in [7, 11) is 3.14. The lowest BCUT2D eigenvalue weighted by molar-refractivity contribution is 0.243. The number of rotatable bonds is 6. The van der Waals surface area contributed by atoms with Gasteiger partial charge in [-0.1, -0.05) is 28.4 Å². The fourth-order valence-electron chi connectivity index (χ4n) is 2.14. The van der Waals surface area contributed by atoms with Crippen molar-refractivity contribution >= 4 is 23.2 Å². The van der Waals surface area contributed by atoms with Gasteiger partial charge in [-0.05, 0) is 36.4 Å². The fourth-order valence-corrected chi connectivity index (χ4v) is 2.60. The van der Waals surface area contributed by atoms with Crippen molar-refractivity contribution < 1.29 is 18.7 Å². The van der Waals surface area contributed by atoms with E-state index in [4.69, 9.17) is 41.9 Å². The third-order valence-electron chi connectivity index (χ3n) is 3.35. The Kier molecular flexibility index (Phi) is 5.31. The molecule has 0 unspecified atom stereocenters. The van der Waals surface area contributed by atoms with E-state index in [0.717, 1.165) is 5.56 Å². The van der Waals surface area contributed by atoms with E-state index in [9.17, 15) is 0 Å². The van der Waals surface area contributed by atoms with Gasteiger partial charge in [-0.2, -0.15) is 4.98 Å². The van der Waals surface area contributed by atoms with Crippen molar-refractivity contribution in [3.05, 3.63) is 52.3 Å². The lowest BCUT2D eigenvalue weighted by atomic mass is 10.2. The van der Waals surface area contributed by atoms with Gasteiger partial charge in [0.25, 0.3) is 5.89 Å². The zero-order valence-electron chi connectivity index (χ0n) is 13.5. The summed E-state index contributed by atoms with van der Waals surface area (Å²) in [5.41, 5.74) is 0.733.